The predicted octanol–water partition coefficient (Wildman–Crippen LogP) is 6.38. The number of allylic oxidation sites excluding steroid dienone is 4. The van der Waals surface area contributed by atoms with Crippen molar-refractivity contribution in [2.75, 3.05) is 0 Å². The largest absolute Gasteiger partial charge is 0.0845 e. The minimum Gasteiger partial charge on any atom is -0.0845 e. The molecule has 0 heterocycles. The minimum atomic E-state index is 1.14. The van der Waals surface area contributed by atoms with Crippen LogP contribution in [0.2, 0.25) is 0 Å². The van der Waals surface area contributed by atoms with E-state index in [1.807, 2.05) is 0 Å². The fourth-order valence-electron chi connectivity index (χ4n) is 2.57. The smallest absolute Gasteiger partial charge is 0.0276 e. The summed E-state index contributed by atoms with van der Waals surface area (Å²) in [7, 11) is 0. The zero-order chi connectivity index (χ0) is 12.7. The lowest BCUT2D eigenvalue weighted by Gasteiger charge is -2.02. The van der Waals surface area contributed by atoms with Crippen LogP contribution in [-0.4, -0.2) is 0 Å². The quantitative estimate of drug-likeness (QED) is 0.466. The Balaban J connectivity index is 2.13. The topological polar surface area (TPSA) is 0 Å². The summed E-state index contributed by atoms with van der Waals surface area (Å²) in [5, 5.41) is 0. The van der Waals surface area contributed by atoms with E-state index in [-0.39, 0.29) is 0 Å². The third kappa shape index (κ3) is 10.6. The van der Waals surface area contributed by atoms with Crippen LogP contribution >= 0.6 is 0 Å². The number of rotatable bonds is 0. The van der Waals surface area contributed by atoms with Crippen LogP contribution in [-0.2, 0) is 0 Å². The van der Waals surface area contributed by atoms with Gasteiger partial charge in [0.15, 0.2) is 0 Å². The van der Waals surface area contributed by atoms with E-state index in [4.69, 9.17) is 0 Å². The number of hydrogen-bond acceptors (Lipinski definition) is 0. The summed E-state index contributed by atoms with van der Waals surface area (Å²) in [5.74, 6) is 0. The average molecular weight is 247 g/mol. The normalized spacial score (nSPS) is 25.8. The highest BCUT2D eigenvalue weighted by Crippen LogP contribution is 2.13. The Labute approximate surface area is 115 Å². The average Bonchev–Trinajstić information content (AvgIpc) is 2.39. The third-order valence-electron chi connectivity index (χ3n) is 3.79. The molecule has 1 radical (unpaired) electrons. The van der Waals surface area contributed by atoms with Gasteiger partial charge in [-0.3, -0.25) is 0 Å². The van der Waals surface area contributed by atoms with Gasteiger partial charge in [-0.1, -0.05) is 82.4 Å². The molecule has 0 spiro atoms. The second-order valence-electron chi connectivity index (χ2n) is 5.58. The molecule has 0 heteroatoms. The molecule has 0 amide bonds. The van der Waals surface area contributed by atoms with Gasteiger partial charge in [-0.15, -0.1) is 0 Å². The molecule has 0 aromatic carbocycles. The zero-order valence-electron chi connectivity index (χ0n) is 12.1. The molecular weight excluding hydrogens is 216 g/mol. The first-order valence-corrected chi connectivity index (χ1v) is 8.22. The molecule has 0 aromatic rings. The van der Waals surface area contributed by atoms with Crippen molar-refractivity contribution in [1.29, 1.82) is 0 Å². The Kier molecular flexibility index (Phi) is 11.2. The van der Waals surface area contributed by atoms with Crippen LogP contribution in [0.5, 0.6) is 0 Å². The van der Waals surface area contributed by atoms with Crippen LogP contribution in [0, 0.1) is 6.08 Å². The van der Waals surface area contributed by atoms with Gasteiger partial charge >= 0.3 is 0 Å². The second-order valence-corrected chi connectivity index (χ2v) is 5.58. The highest BCUT2D eigenvalue weighted by molar-refractivity contribution is 4.98. The van der Waals surface area contributed by atoms with E-state index >= 15 is 0 Å². The molecule has 18 heavy (non-hydrogen) atoms. The molecule has 1 aliphatic rings. The lowest BCUT2D eigenvalue weighted by Crippen LogP contribution is -1.83. The van der Waals surface area contributed by atoms with Gasteiger partial charge in [-0.05, 0) is 31.8 Å². The van der Waals surface area contributed by atoms with Crippen LogP contribution < -0.4 is 0 Å². The molecule has 0 saturated heterocycles. The van der Waals surface area contributed by atoms with E-state index in [1.54, 1.807) is 0 Å². The maximum atomic E-state index is 3.38. The van der Waals surface area contributed by atoms with Gasteiger partial charge < -0.3 is 0 Å². The first-order chi connectivity index (χ1) is 9.00. The summed E-state index contributed by atoms with van der Waals surface area (Å²) >= 11 is 0. The lowest BCUT2D eigenvalue weighted by atomic mass is 10.0. The molecule has 1 rings (SSSR count). The van der Waals surface area contributed by atoms with Crippen LogP contribution in [0.15, 0.2) is 18.2 Å². The molecule has 0 unspecified atom stereocenters. The van der Waals surface area contributed by atoms with Crippen molar-refractivity contribution in [2.24, 2.45) is 0 Å². The Morgan fingerprint density at radius 1 is 0.556 bits per heavy atom. The van der Waals surface area contributed by atoms with Gasteiger partial charge in [0.25, 0.3) is 0 Å². The maximum Gasteiger partial charge on any atom is -0.0276 e. The molecule has 0 nitrogen and oxygen atoms in total. The van der Waals surface area contributed by atoms with Crippen LogP contribution in [0.1, 0.15) is 89.9 Å². The van der Waals surface area contributed by atoms with Gasteiger partial charge in [0, 0.05) is 0 Å². The van der Waals surface area contributed by atoms with E-state index in [2.05, 4.69) is 24.3 Å². The molecule has 103 valence electrons. The van der Waals surface area contributed by atoms with E-state index < -0.39 is 0 Å². The summed E-state index contributed by atoms with van der Waals surface area (Å²) < 4.78 is 0. The molecule has 0 atom stereocenters. The maximum absolute atomic E-state index is 3.38. The molecule has 0 N–H and O–H groups in total. The Hall–Kier alpha value is -0.520. The highest BCUT2D eigenvalue weighted by Gasteiger charge is 1.93. The van der Waals surface area contributed by atoms with Crippen molar-refractivity contribution in [3.8, 4) is 0 Å². The van der Waals surface area contributed by atoms with E-state index in [0.717, 1.165) is 6.42 Å². The fraction of sp³-hybridized carbons (Fsp3) is 0.778. The van der Waals surface area contributed by atoms with Crippen molar-refractivity contribution >= 4 is 0 Å². The lowest BCUT2D eigenvalue weighted by molar-refractivity contribution is 0.541. The van der Waals surface area contributed by atoms with Crippen molar-refractivity contribution in [1.82, 2.24) is 0 Å². The van der Waals surface area contributed by atoms with Crippen molar-refractivity contribution in [3.63, 3.8) is 0 Å². The molecule has 0 bridgehead atoms. The standard InChI is InChI=1S/C18H31/c1-2-4-6-8-10-12-14-16-18-17-15-13-11-9-7-5-3-1/h1-3H,4,6-18H2/b2-1+,5-3?. The van der Waals surface area contributed by atoms with Gasteiger partial charge in [-0.2, -0.15) is 0 Å². The zero-order valence-corrected chi connectivity index (χ0v) is 12.1. The van der Waals surface area contributed by atoms with Gasteiger partial charge in [-0.25, -0.2) is 0 Å². The van der Waals surface area contributed by atoms with E-state index in [0.29, 0.717) is 0 Å². The van der Waals surface area contributed by atoms with E-state index in [1.165, 1.54) is 83.5 Å². The SMILES string of the molecule is [C]1=C/C=C/CCCCCCCCCCCCCC/1. The Bertz CT molecular complexity index is 188. The van der Waals surface area contributed by atoms with Crippen LogP contribution in [0.3, 0.4) is 0 Å². The van der Waals surface area contributed by atoms with Crippen LogP contribution in [0.4, 0.5) is 0 Å². The summed E-state index contributed by atoms with van der Waals surface area (Å²) in [6.45, 7) is 0. The van der Waals surface area contributed by atoms with Crippen LogP contribution in [0.25, 0.3) is 0 Å². The van der Waals surface area contributed by atoms with Crippen molar-refractivity contribution < 1.29 is 0 Å². The molecular formula is C18H31. The Morgan fingerprint density at radius 3 is 1.67 bits per heavy atom. The fourth-order valence-corrected chi connectivity index (χ4v) is 2.57. The summed E-state index contributed by atoms with van der Waals surface area (Å²) in [4.78, 5) is 0. The predicted molar refractivity (Wildman–Crippen MR) is 81.6 cm³/mol. The first kappa shape index (κ1) is 15.5. The molecule has 0 aliphatic heterocycles. The Morgan fingerprint density at radius 2 is 1.06 bits per heavy atom. The minimum absolute atomic E-state index is 1.14. The van der Waals surface area contributed by atoms with Gasteiger partial charge in [0.1, 0.15) is 0 Å². The summed E-state index contributed by atoms with van der Waals surface area (Å²) in [6.07, 6.45) is 29.5. The van der Waals surface area contributed by atoms with Gasteiger partial charge in [0.05, 0.1) is 0 Å². The van der Waals surface area contributed by atoms with Crippen molar-refractivity contribution in [2.45, 2.75) is 89.9 Å². The molecule has 0 saturated carbocycles. The van der Waals surface area contributed by atoms with Gasteiger partial charge in [0.2, 0.25) is 0 Å². The van der Waals surface area contributed by atoms with E-state index in [9.17, 15) is 0 Å². The summed E-state index contributed by atoms with van der Waals surface area (Å²) in [6, 6.07) is 0. The summed E-state index contributed by atoms with van der Waals surface area (Å²) in [5.41, 5.74) is 0. The molecule has 0 fully saturated rings. The number of hydrogen-bond donors (Lipinski definition) is 0. The highest BCUT2D eigenvalue weighted by atomic mass is 14.0. The van der Waals surface area contributed by atoms with Crippen molar-refractivity contribution in [3.05, 3.63) is 24.3 Å². The monoisotopic (exact) mass is 247 g/mol. The third-order valence-corrected chi connectivity index (χ3v) is 3.79. The molecule has 0 aromatic heterocycles. The first-order valence-electron chi connectivity index (χ1n) is 8.22. The molecule has 1 aliphatic carbocycles. The second kappa shape index (κ2) is 12.9.